The minimum absolute atomic E-state index is 0.138. The van der Waals surface area contributed by atoms with E-state index >= 15 is 0 Å². The first kappa shape index (κ1) is 15.0. The van der Waals surface area contributed by atoms with Crippen molar-refractivity contribution in [3.05, 3.63) is 34.3 Å². The molecule has 1 saturated heterocycles. The number of nitrogens with one attached hydrogen (secondary N) is 1. The topological polar surface area (TPSA) is 75.6 Å². The Morgan fingerprint density at radius 1 is 1.40 bits per heavy atom. The average molecular weight is 342 g/mol. The minimum atomic E-state index is -0.944. The van der Waals surface area contributed by atoms with Crippen molar-refractivity contribution < 1.29 is 19.4 Å². The molecule has 1 aliphatic rings. The van der Waals surface area contributed by atoms with Gasteiger partial charge in [-0.15, -0.1) is 0 Å². The number of benzene rings is 1. The molecule has 1 heterocycles. The Morgan fingerprint density at radius 2 is 2.10 bits per heavy atom. The van der Waals surface area contributed by atoms with Gasteiger partial charge in [0.15, 0.2) is 0 Å². The molecule has 2 N–H and O–H groups in total. The molecule has 20 heavy (non-hydrogen) atoms. The highest BCUT2D eigenvalue weighted by Gasteiger charge is 2.26. The standard InChI is InChI=1S/C14H16BrNO4/c15-11-3-1-9(2-4-11)12(7-13(17)18)16-14(19)10-5-6-20-8-10/h1-4,10,12H,5-8H2,(H,16,19)(H,17,18)/t10-,12+/m1/s1. The van der Waals surface area contributed by atoms with E-state index in [0.29, 0.717) is 19.6 Å². The monoisotopic (exact) mass is 341 g/mol. The van der Waals surface area contributed by atoms with Crippen molar-refractivity contribution in [2.24, 2.45) is 5.92 Å². The predicted molar refractivity (Wildman–Crippen MR) is 76.2 cm³/mol. The van der Waals surface area contributed by atoms with E-state index < -0.39 is 12.0 Å². The predicted octanol–water partition coefficient (Wildman–Crippen LogP) is 2.12. The molecule has 1 aliphatic heterocycles. The second-order valence-electron chi connectivity index (χ2n) is 4.77. The Balaban J connectivity index is 2.08. The third-order valence-corrected chi connectivity index (χ3v) is 3.80. The van der Waals surface area contributed by atoms with E-state index in [2.05, 4.69) is 21.2 Å². The molecular formula is C14H16BrNO4. The number of hydrogen-bond donors (Lipinski definition) is 2. The molecule has 1 aromatic carbocycles. The Kier molecular flexibility index (Phi) is 5.14. The maximum absolute atomic E-state index is 12.1. The maximum Gasteiger partial charge on any atom is 0.305 e. The van der Waals surface area contributed by atoms with Crippen molar-refractivity contribution in [1.82, 2.24) is 5.32 Å². The van der Waals surface area contributed by atoms with Gasteiger partial charge in [-0.05, 0) is 24.1 Å². The lowest BCUT2D eigenvalue weighted by Gasteiger charge is -2.19. The van der Waals surface area contributed by atoms with Crippen LogP contribution < -0.4 is 5.32 Å². The number of amides is 1. The average Bonchev–Trinajstić information content (AvgIpc) is 2.92. The molecule has 0 aliphatic carbocycles. The summed E-state index contributed by atoms with van der Waals surface area (Å²) in [5, 5.41) is 11.8. The fourth-order valence-electron chi connectivity index (χ4n) is 2.15. The van der Waals surface area contributed by atoms with Gasteiger partial charge in [0.05, 0.1) is 25.0 Å². The highest BCUT2D eigenvalue weighted by Crippen LogP contribution is 2.21. The van der Waals surface area contributed by atoms with Gasteiger partial charge >= 0.3 is 5.97 Å². The second-order valence-corrected chi connectivity index (χ2v) is 5.69. The molecule has 2 atom stereocenters. The van der Waals surface area contributed by atoms with Gasteiger partial charge < -0.3 is 15.2 Å². The van der Waals surface area contributed by atoms with Gasteiger partial charge in [0.25, 0.3) is 0 Å². The van der Waals surface area contributed by atoms with Crippen molar-refractivity contribution >= 4 is 27.8 Å². The molecule has 0 saturated carbocycles. The number of aliphatic carboxylic acids is 1. The molecule has 1 fully saturated rings. The summed E-state index contributed by atoms with van der Waals surface area (Å²) in [5.41, 5.74) is 0.780. The molecular weight excluding hydrogens is 326 g/mol. The van der Waals surface area contributed by atoms with Gasteiger partial charge in [-0.1, -0.05) is 28.1 Å². The number of halogens is 1. The molecule has 0 spiro atoms. The van der Waals surface area contributed by atoms with Crippen molar-refractivity contribution in [2.75, 3.05) is 13.2 Å². The Hall–Kier alpha value is -1.40. The lowest BCUT2D eigenvalue weighted by molar-refractivity contribution is -0.137. The first-order valence-corrected chi connectivity index (χ1v) is 7.21. The van der Waals surface area contributed by atoms with Gasteiger partial charge in [0.1, 0.15) is 0 Å². The van der Waals surface area contributed by atoms with Gasteiger partial charge in [0.2, 0.25) is 5.91 Å². The van der Waals surface area contributed by atoms with Crippen LogP contribution in [0.15, 0.2) is 28.7 Å². The summed E-state index contributed by atoms with van der Waals surface area (Å²) in [6.45, 7) is 0.992. The van der Waals surface area contributed by atoms with E-state index in [9.17, 15) is 9.59 Å². The Labute approximate surface area is 125 Å². The zero-order valence-corrected chi connectivity index (χ0v) is 12.4. The number of carboxylic acids is 1. The second kappa shape index (κ2) is 6.85. The SMILES string of the molecule is O=C(O)C[C@H](NC(=O)[C@@H]1CCOC1)c1ccc(Br)cc1. The molecule has 5 nitrogen and oxygen atoms in total. The Morgan fingerprint density at radius 3 is 2.65 bits per heavy atom. The van der Waals surface area contributed by atoms with Crippen molar-refractivity contribution in [3.8, 4) is 0 Å². The van der Waals surface area contributed by atoms with Crippen LogP contribution in [0.5, 0.6) is 0 Å². The van der Waals surface area contributed by atoms with E-state index in [1.807, 2.05) is 24.3 Å². The van der Waals surface area contributed by atoms with Crippen LogP contribution in [0.25, 0.3) is 0 Å². The van der Waals surface area contributed by atoms with Crippen LogP contribution in [0.2, 0.25) is 0 Å². The summed E-state index contributed by atoms with van der Waals surface area (Å²) in [4.78, 5) is 23.1. The van der Waals surface area contributed by atoms with E-state index in [1.54, 1.807) is 0 Å². The van der Waals surface area contributed by atoms with Crippen molar-refractivity contribution in [2.45, 2.75) is 18.9 Å². The van der Waals surface area contributed by atoms with Crippen molar-refractivity contribution in [3.63, 3.8) is 0 Å². The van der Waals surface area contributed by atoms with Gasteiger partial charge in [-0.25, -0.2) is 0 Å². The molecule has 6 heteroatoms. The number of rotatable bonds is 5. The lowest BCUT2D eigenvalue weighted by atomic mass is 10.0. The molecule has 0 radical (unpaired) electrons. The smallest absolute Gasteiger partial charge is 0.305 e. The molecule has 1 aromatic rings. The summed E-state index contributed by atoms with van der Waals surface area (Å²) < 4.78 is 6.09. The van der Waals surface area contributed by atoms with Crippen molar-refractivity contribution in [1.29, 1.82) is 0 Å². The zero-order valence-electron chi connectivity index (χ0n) is 10.8. The van der Waals surface area contributed by atoms with Gasteiger partial charge in [-0.3, -0.25) is 9.59 Å². The number of hydrogen-bond acceptors (Lipinski definition) is 3. The van der Waals surface area contributed by atoms with E-state index in [1.165, 1.54) is 0 Å². The van der Waals surface area contributed by atoms with Gasteiger partial charge in [0, 0.05) is 11.1 Å². The first-order valence-electron chi connectivity index (χ1n) is 6.41. The molecule has 2 rings (SSSR count). The maximum atomic E-state index is 12.1. The highest BCUT2D eigenvalue weighted by atomic mass is 79.9. The quantitative estimate of drug-likeness (QED) is 0.860. The van der Waals surface area contributed by atoms with E-state index in [0.717, 1.165) is 10.0 Å². The van der Waals surface area contributed by atoms with Crippen LogP contribution in [-0.2, 0) is 14.3 Å². The van der Waals surface area contributed by atoms with Crippen LogP contribution in [0.3, 0.4) is 0 Å². The lowest BCUT2D eigenvalue weighted by Crippen LogP contribution is -2.35. The molecule has 108 valence electrons. The first-order chi connectivity index (χ1) is 9.56. The molecule has 0 bridgehead atoms. The fraction of sp³-hybridized carbons (Fsp3) is 0.429. The number of ether oxygens (including phenoxy) is 1. The molecule has 0 unspecified atom stereocenters. The highest BCUT2D eigenvalue weighted by molar-refractivity contribution is 9.10. The minimum Gasteiger partial charge on any atom is -0.481 e. The van der Waals surface area contributed by atoms with E-state index in [4.69, 9.17) is 9.84 Å². The van der Waals surface area contributed by atoms with Crippen LogP contribution in [0.1, 0.15) is 24.4 Å². The number of carboxylic acid groups (broad SMARTS) is 1. The number of carbonyl (C=O) groups excluding carboxylic acids is 1. The van der Waals surface area contributed by atoms with E-state index in [-0.39, 0.29) is 18.2 Å². The number of carbonyl (C=O) groups is 2. The van der Waals surface area contributed by atoms with Crippen LogP contribution in [0.4, 0.5) is 0 Å². The summed E-state index contributed by atoms with van der Waals surface area (Å²) in [7, 11) is 0. The van der Waals surface area contributed by atoms with Gasteiger partial charge in [-0.2, -0.15) is 0 Å². The summed E-state index contributed by atoms with van der Waals surface area (Å²) in [6, 6.07) is 6.75. The molecule has 0 aromatic heterocycles. The third-order valence-electron chi connectivity index (χ3n) is 3.27. The fourth-order valence-corrected chi connectivity index (χ4v) is 2.42. The van der Waals surface area contributed by atoms with Crippen LogP contribution >= 0.6 is 15.9 Å². The summed E-state index contributed by atoms with van der Waals surface area (Å²) in [5.74, 6) is -1.26. The normalized spacial score (nSPS) is 19.6. The summed E-state index contributed by atoms with van der Waals surface area (Å²) in [6.07, 6.45) is 0.549. The van der Waals surface area contributed by atoms with Crippen LogP contribution in [-0.4, -0.2) is 30.2 Å². The Bertz CT molecular complexity index is 482. The molecule has 1 amide bonds. The van der Waals surface area contributed by atoms with Crippen LogP contribution in [0, 0.1) is 5.92 Å². The zero-order chi connectivity index (χ0) is 14.5. The largest absolute Gasteiger partial charge is 0.481 e. The summed E-state index contributed by atoms with van der Waals surface area (Å²) >= 11 is 3.33. The third kappa shape index (κ3) is 4.05.